The average Bonchev–Trinajstić information content (AvgIpc) is 2.84. The fraction of sp³-hybridized carbons (Fsp3) is 0.0400. The van der Waals surface area contributed by atoms with Crippen molar-refractivity contribution < 1.29 is 18.0 Å². The Kier molecular flexibility index (Phi) is 6.56. The smallest absolute Gasteiger partial charge is 0.277 e. The Hall–Kier alpha value is -4.57. The van der Waals surface area contributed by atoms with Gasteiger partial charge in [0.2, 0.25) is 5.91 Å². The molecule has 0 spiro atoms. The number of anilines is 1. The minimum atomic E-state index is -4.02. The van der Waals surface area contributed by atoms with Gasteiger partial charge in [-0.1, -0.05) is 60.7 Å². The number of aromatic amines is 1. The Balaban J connectivity index is 1.75. The predicted octanol–water partition coefficient (Wildman–Crippen LogP) is 3.18. The first-order valence-corrected chi connectivity index (χ1v) is 11.9. The van der Waals surface area contributed by atoms with Crippen LogP contribution < -0.4 is 15.6 Å². The van der Waals surface area contributed by atoms with E-state index in [-0.39, 0.29) is 16.1 Å². The van der Waals surface area contributed by atoms with Gasteiger partial charge in [0.15, 0.2) is 0 Å². The molecule has 0 saturated heterocycles. The van der Waals surface area contributed by atoms with Gasteiger partial charge in [0, 0.05) is 23.7 Å². The molecule has 0 unspecified atom stereocenters. The summed E-state index contributed by atoms with van der Waals surface area (Å²) in [5, 5.41) is 9.26. The molecule has 0 saturated carbocycles. The summed E-state index contributed by atoms with van der Waals surface area (Å²) in [4.78, 5) is 37.1. The summed E-state index contributed by atoms with van der Waals surface area (Å²) in [7, 11) is -4.02. The van der Waals surface area contributed by atoms with Crippen LogP contribution in [0.3, 0.4) is 0 Å². The molecule has 35 heavy (non-hydrogen) atoms. The first-order chi connectivity index (χ1) is 16.8. The first-order valence-electron chi connectivity index (χ1n) is 10.4. The van der Waals surface area contributed by atoms with Crippen molar-refractivity contribution in [1.29, 1.82) is 0 Å². The number of hydrogen-bond donors (Lipinski definition) is 3. The summed E-state index contributed by atoms with van der Waals surface area (Å²) < 4.78 is 26.2. The molecule has 1 aromatic heterocycles. The molecule has 3 aromatic carbocycles. The second kappa shape index (κ2) is 9.74. The predicted molar refractivity (Wildman–Crippen MR) is 131 cm³/mol. The van der Waals surface area contributed by atoms with E-state index in [1.54, 1.807) is 24.3 Å². The molecule has 0 aliphatic carbocycles. The molecule has 9 nitrogen and oxygen atoms in total. The standard InChI is InChI=1S/C25H20N4O5S/c1-16(30)29-35(33,34)20-14-12-19(13-15-20)26-24(31)22-21(17-8-4-2-5-9-17)23(27-28-25(22)32)18-10-6-3-7-11-18/h2-15H,1H3,(H,26,31)(H,28,32)(H,29,30). The SMILES string of the molecule is CC(=O)NS(=O)(=O)c1ccc(NC(=O)c2c(-c3ccccc3)c(-c3ccccc3)n[nH]c2=O)cc1. The van der Waals surface area contributed by atoms with E-state index in [0.717, 1.165) is 6.92 Å². The lowest BCUT2D eigenvalue weighted by Crippen LogP contribution is -2.28. The summed E-state index contributed by atoms with van der Waals surface area (Å²) in [5.74, 6) is -1.41. The third-order valence-corrected chi connectivity index (χ3v) is 6.47. The maximum atomic E-state index is 13.3. The van der Waals surface area contributed by atoms with Crippen LogP contribution in [0.1, 0.15) is 17.3 Å². The average molecular weight is 489 g/mol. The van der Waals surface area contributed by atoms with Gasteiger partial charge in [-0.15, -0.1) is 0 Å². The van der Waals surface area contributed by atoms with Gasteiger partial charge in [-0.3, -0.25) is 14.4 Å². The van der Waals surface area contributed by atoms with Crippen LogP contribution >= 0.6 is 0 Å². The number of benzene rings is 3. The number of carbonyl (C=O) groups excluding carboxylic acids is 2. The van der Waals surface area contributed by atoms with E-state index in [1.807, 2.05) is 41.1 Å². The zero-order chi connectivity index (χ0) is 25.0. The van der Waals surface area contributed by atoms with Crippen LogP contribution in [-0.2, 0) is 14.8 Å². The summed E-state index contributed by atoms with van der Waals surface area (Å²) in [6.45, 7) is 1.09. The van der Waals surface area contributed by atoms with Crippen molar-refractivity contribution in [2.45, 2.75) is 11.8 Å². The number of sulfonamides is 1. The molecule has 176 valence electrons. The Labute approximate surface area is 200 Å². The van der Waals surface area contributed by atoms with Crippen LogP contribution in [0, 0.1) is 0 Å². The normalized spacial score (nSPS) is 11.0. The molecular formula is C25H20N4O5S. The topological polar surface area (TPSA) is 138 Å². The molecule has 0 aliphatic heterocycles. The highest BCUT2D eigenvalue weighted by Crippen LogP contribution is 2.32. The van der Waals surface area contributed by atoms with E-state index in [2.05, 4.69) is 15.5 Å². The third-order valence-electron chi connectivity index (χ3n) is 5.02. The number of nitrogens with zero attached hydrogens (tertiary/aromatic N) is 1. The molecule has 0 bridgehead atoms. The van der Waals surface area contributed by atoms with Crippen LogP contribution in [-0.4, -0.2) is 30.4 Å². The molecule has 2 amide bonds. The second-order valence-electron chi connectivity index (χ2n) is 7.52. The monoisotopic (exact) mass is 488 g/mol. The molecule has 4 rings (SSSR count). The van der Waals surface area contributed by atoms with Crippen molar-refractivity contribution in [2.75, 3.05) is 5.32 Å². The molecule has 0 radical (unpaired) electrons. The Bertz CT molecular complexity index is 1550. The van der Waals surface area contributed by atoms with Crippen molar-refractivity contribution in [1.82, 2.24) is 14.9 Å². The minimum Gasteiger partial charge on any atom is -0.322 e. The lowest BCUT2D eigenvalue weighted by atomic mass is 9.95. The zero-order valence-corrected chi connectivity index (χ0v) is 19.3. The van der Waals surface area contributed by atoms with E-state index in [9.17, 15) is 22.8 Å². The van der Waals surface area contributed by atoms with Gasteiger partial charge in [0.1, 0.15) is 5.56 Å². The summed E-state index contributed by atoms with van der Waals surface area (Å²) in [5.41, 5.74) is 1.58. The van der Waals surface area contributed by atoms with Crippen molar-refractivity contribution >= 4 is 27.5 Å². The minimum absolute atomic E-state index is 0.139. The second-order valence-corrected chi connectivity index (χ2v) is 9.21. The lowest BCUT2D eigenvalue weighted by molar-refractivity contribution is -0.117. The fourth-order valence-corrected chi connectivity index (χ4v) is 4.51. The number of carbonyl (C=O) groups is 2. The number of H-pyrrole nitrogens is 1. The quantitative estimate of drug-likeness (QED) is 0.381. The van der Waals surface area contributed by atoms with Gasteiger partial charge in [-0.25, -0.2) is 18.2 Å². The number of aromatic nitrogens is 2. The lowest BCUT2D eigenvalue weighted by Gasteiger charge is -2.14. The molecule has 0 fully saturated rings. The highest BCUT2D eigenvalue weighted by atomic mass is 32.2. The van der Waals surface area contributed by atoms with Crippen LogP contribution in [0.15, 0.2) is 94.6 Å². The Morgan fingerprint density at radius 1 is 0.829 bits per heavy atom. The van der Waals surface area contributed by atoms with E-state index in [1.165, 1.54) is 24.3 Å². The van der Waals surface area contributed by atoms with Crippen molar-refractivity contribution in [2.24, 2.45) is 0 Å². The van der Waals surface area contributed by atoms with Gasteiger partial charge >= 0.3 is 0 Å². The highest BCUT2D eigenvalue weighted by molar-refractivity contribution is 7.90. The van der Waals surface area contributed by atoms with Crippen LogP contribution in [0.5, 0.6) is 0 Å². The van der Waals surface area contributed by atoms with E-state index >= 15 is 0 Å². The van der Waals surface area contributed by atoms with E-state index in [4.69, 9.17) is 0 Å². The third kappa shape index (κ3) is 5.17. The van der Waals surface area contributed by atoms with Crippen LogP contribution in [0.2, 0.25) is 0 Å². The summed E-state index contributed by atoms with van der Waals surface area (Å²) in [6, 6.07) is 23.3. The van der Waals surface area contributed by atoms with Gasteiger partial charge in [0.25, 0.3) is 21.5 Å². The van der Waals surface area contributed by atoms with Gasteiger partial charge < -0.3 is 5.32 Å². The fourth-order valence-electron chi connectivity index (χ4n) is 3.52. The number of hydrogen-bond acceptors (Lipinski definition) is 6. The molecular weight excluding hydrogens is 468 g/mol. The van der Waals surface area contributed by atoms with Gasteiger partial charge in [-0.05, 0) is 29.8 Å². The Morgan fingerprint density at radius 3 is 1.97 bits per heavy atom. The number of rotatable bonds is 6. The highest BCUT2D eigenvalue weighted by Gasteiger charge is 2.23. The van der Waals surface area contributed by atoms with Gasteiger partial charge in [0.05, 0.1) is 10.6 Å². The maximum Gasteiger partial charge on any atom is 0.277 e. The molecule has 0 atom stereocenters. The van der Waals surface area contributed by atoms with E-state index < -0.39 is 27.4 Å². The summed E-state index contributed by atoms with van der Waals surface area (Å²) >= 11 is 0. The maximum absolute atomic E-state index is 13.3. The largest absolute Gasteiger partial charge is 0.322 e. The first kappa shape index (κ1) is 23.6. The van der Waals surface area contributed by atoms with Gasteiger partial charge in [-0.2, -0.15) is 5.10 Å². The molecule has 4 aromatic rings. The van der Waals surface area contributed by atoms with Crippen molar-refractivity contribution in [3.63, 3.8) is 0 Å². The number of amides is 2. The van der Waals surface area contributed by atoms with Crippen molar-refractivity contribution in [3.8, 4) is 22.4 Å². The molecule has 3 N–H and O–H groups in total. The van der Waals surface area contributed by atoms with Crippen LogP contribution in [0.25, 0.3) is 22.4 Å². The molecule has 0 aliphatic rings. The summed E-state index contributed by atoms with van der Waals surface area (Å²) in [6.07, 6.45) is 0. The van der Waals surface area contributed by atoms with Crippen molar-refractivity contribution in [3.05, 3.63) is 101 Å². The molecule has 10 heteroatoms. The molecule has 1 heterocycles. The Morgan fingerprint density at radius 2 is 1.40 bits per heavy atom. The van der Waals surface area contributed by atoms with E-state index in [0.29, 0.717) is 22.4 Å². The number of nitrogens with one attached hydrogen (secondary N) is 3. The van der Waals surface area contributed by atoms with Crippen LogP contribution in [0.4, 0.5) is 5.69 Å². The zero-order valence-electron chi connectivity index (χ0n) is 18.5.